The average Bonchev–Trinajstić information content (AvgIpc) is 3.12. The zero-order chi connectivity index (χ0) is 20.3. The van der Waals surface area contributed by atoms with Crippen molar-refractivity contribution < 1.29 is 0 Å². The second kappa shape index (κ2) is 6.18. The lowest BCUT2D eigenvalue weighted by atomic mass is 9.92. The summed E-state index contributed by atoms with van der Waals surface area (Å²) in [6.07, 6.45) is 1.85. The van der Waals surface area contributed by atoms with E-state index in [-0.39, 0.29) is 0 Å². The highest BCUT2D eigenvalue weighted by atomic mass is 15.0. The van der Waals surface area contributed by atoms with Gasteiger partial charge in [0.25, 0.3) is 0 Å². The van der Waals surface area contributed by atoms with Gasteiger partial charge in [0, 0.05) is 17.0 Å². The molecule has 0 aliphatic rings. The molecule has 0 saturated carbocycles. The lowest BCUT2D eigenvalue weighted by Gasteiger charge is -2.15. The predicted octanol–water partition coefficient (Wildman–Crippen LogP) is 6.41. The molecule has 3 heteroatoms. The molecule has 3 nitrogen and oxygen atoms in total. The van der Waals surface area contributed by atoms with Crippen molar-refractivity contribution in [1.29, 1.82) is 5.26 Å². The standard InChI is InChI=1S/C26H21N3/c1-15-10-18(4)25-23(11-15)22-12-19(24-16(2)6-5-7-17(24)3)8-9-21(22)26-28-20(13-27)14-29(25)26/h5-12,14H,1-4H3. The van der Waals surface area contributed by atoms with Gasteiger partial charge >= 0.3 is 0 Å². The van der Waals surface area contributed by atoms with Gasteiger partial charge in [0.1, 0.15) is 11.7 Å². The minimum atomic E-state index is 0.442. The quantitative estimate of drug-likeness (QED) is 0.318. The van der Waals surface area contributed by atoms with Crippen LogP contribution in [0.5, 0.6) is 0 Å². The summed E-state index contributed by atoms with van der Waals surface area (Å²) in [6, 6.07) is 19.7. The number of pyridine rings is 1. The van der Waals surface area contributed by atoms with Crippen molar-refractivity contribution in [3.05, 3.63) is 82.7 Å². The minimum Gasteiger partial charge on any atom is -0.297 e. The molecule has 0 amide bonds. The van der Waals surface area contributed by atoms with E-state index in [4.69, 9.17) is 0 Å². The molecule has 0 N–H and O–H groups in total. The summed E-state index contributed by atoms with van der Waals surface area (Å²) >= 11 is 0. The molecule has 140 valence electrons. The molecule has 0 atom stereocenters. The second-order valence-electron chi connectivity index (χ2n) is 7.94. The average molecular weight is 375 g/mol. The van der Waals surface area contributed by atoms with Gasteiger partial charge in [-0.3, -0.25) is 4.40 Å². The largest absolute Gasteiger partial charge is 0.297 e. The van der Waals surface area contributed by atoms with E-state index in [0.717, 1.165) is 16.6 Å². The number of hydrogen-bond donors (Lipinski definition) is 0. The third-order valence-electron chi connectivity index (χ3n) is 5.83. The Kier molecular flexibility index (Phi) is 3.72. The SMILES string of the molecule is Cc1cc(C)c2c(c1)c1cc(-c3c(C)cccc3C)ccc1c1nc(C#N)cn12. The van der Waals surface area contributed by atoms with Crippen LogP contribution in [0, 0.1) is 39.0 Å². The van der Waals surface area contributed by atoms with Crippen molar-refractivity contribution in [2.45, 2.75) is 27.7 Å². The van der Waals surface area contributed by atoms with E-state index in [9.17, 15) is 5.26 Å². The van der Waals surface area contributed by atoms with E-state index in [0.29, 0.717) is 5.69 Å². The summed E-state index contributed by atoms with van der Waals surface area (Å²) < 4.78 is 2.07. The van der Waals surface area contributed by atoms with Crippen LogP contribution >= 0.6 is 0 Å². The molecule has 0 bridgehead atoms. The maximum atomic E-state index is 9.42. The molecule has 5 rings (SSSR count). The van der Waals surface area contributed by atoms with E-state index >= 15 is 0 Å². The zero-order valence-corrected chi connectivity index (χ0v) is 17.0. The number of benzene rings is 3. The monoisotopic (exact) mass is 375 g/mol. The van der Waals surface area contributed by atoms with Gasteiger partial charge in [0.15, 0.2) is 5.69 Å². The molecule has 29 heavy (non-hydrogen) atoms. The van der Waals surface area contributed by atoms with E-state index in [1.165, 1.54) is 44.2 Å². The molecule has 5 aromatic rings. The van der Waals surface area contributed by atoms with Gasteiger partial charge < -0.3 is 0 Å². The number of imidazole rings is 1. The van der Waals surface area contributed by atoms with Crippen LogP contribution < -0.4 is 0 Å². The Labute approximate surface area is 169 Å². The fourth-order valence-corrected chi connectivity index (χ4v) is 4.67. The summed E-state index contributed by atoms with van der Waals surface area (Å²) in [4.78, 5) is 4.61. The van der Waals surface area contributed by atoms with Crippen molar-refractivity contribution in [3.8, 4) is 17.2 Å². The first-order valence-corrected chi connectivity index (χ1v) is 9.80. The van der Waals surface area contributed by atoms with Gasteiger partial charge in [0.2, 0.25) is 0 Å². The van der Waals surface area contributed by atoms with Crippen LogP contribution in [0.15, 0.2) is 54.7 Å². The van der Waals surface area contributed by atoms with Gasteiger partial charge in [-0.2, -0.15) is 5.26 Å². The van der Waals surface area contributed by atoms with Crippen LogP contribution in [0.25, 0.3) is 38.4 Å². The maximum absolute atomic E-state index is 9.42. The Balaban J connectivity index is 1.99. The fourth-order valence-electron chi connectivity index (χ4n) is 4.67. The van der Waals surface area contributed by atoms with Gasteiger partial charge in [-0.05, 0) is 79.1 Å². The maximum Gasteiger partial charge on any atom is 0.159 e. The molecular formula is C26H21N3. The van der Waals surface area contributed by atoms with Gasteiger partial charge in [-0.25, -0.2) is 4.98 Å². The minimum absolute atomic E-state index is 0.442. The highest BCUT2D eigenvalue weighted by molar-refractivity contribution is 6.13. The third-order valence-corrected chi connectivity index (χ3v) is 5.83. The van der Waals surface area contributed by atoms with E-state index in [2.05, 4.69) is 91.7 Å². The fraction of sp³-hybridized carbons (Fsp3) is 0.154. The predicted molar refractivity (Wildman–Crippen MR) is 119 cm³/mol. The lowest BCUT2D eigenvalue weighted by molar-refractivity contribution is 1.24. The Morgan fingerprint density at radius 1 is 0.828 bits per heavy atom. The molecule has 0 saturated heterocycles. The number of aryl methyl sites for hydroxylation is 4. The van der Waals surface area contributed by atoms with Gasteiger partial charge in [-0.1, -0.05) is 35.9 Å². The van der Waals surface area contributed by atoms with E-state index < -0.39 is 0 Å². The van der Waals surface area contributed by atoms with Gasteiger partial charge in [-0.15, -0.1) is 0 Å². The van der Waals surface area contributed by atoms with Crippen LogP contribution in [-0.2, 0) is 0 Å². The highest BCUT2D eigenvalue weighted by Gasteiger charge is 2.15. The Morgan fingerprint density at radius 2 is 1.59 bits per heavy atom. The van der Waals surface area contributed by atoms with Crippen molar-refractivity contribution in [1.82, 2.24) is 9.38 Å². The summed E-state index contributed by atoms with van der Waals surface area (Å²) in [5.41, 5.74) is 9.86. The topological polar surface area (TPSA) is 41.1 Å². The third kappa shape index (κ3) is 2.53. The summed E-state index contributed by atoms with van der Waals surface area (Å²) in [6.45, 7) is 8.58. The van der Waals surface area contributed by atoms with Crippen molar-refractivity contribution in [2.75, 3.05) is 0 Å². The summed E-state index contributed by atoms with van der Waals surface area (Å²) in [7, 11) is 0. The molecule has 0 radical (unpaired) electrons. The summed E-state index contributed by atoms with van der Waals surface area (Å²) in [5, 5.41) is 12.9. The second-order valence-corrected chi connectivity index (χ2v) is 7.94. The van der Waals surface area contributed by atoms with Crippen LogP contribution in [0.3, 0.4) is 0 Å². The highest BCUT2D eigenvalue weighted by Crippen LogP contribution is 2.36. The van der Waals surface area contributed by atoms with Crippen LogP contribution in [0.4, 0.5) is 0 Å². The van der Waals surface area contributed by atoms with Crippen LogP contribution in [0.2, 0.25) is 0 Å². The van der Waals surface area contributed by atoms with Crippen molar-refractivity contribution >= 4 is 27.3 Å². The molecular weight excluding hydrogens is 354 g/mol. The molecule has 0 fully saturated rings. The zero-order valence-electron chi connectivity index (χ0n) is 17.0. The molecule has 0 aliphatic carbocycles. The molecule has 2 aromatic heterocycles. The first kappa shape index (κ1) is 17.5. The van der Waals surface area contributed by atoms with E-state index in [1.807, 2.05) is 6.20 Å². The Bertz CT molecular complexity index is 1480. The lowest BCUT2D eigenvalue weighted by Crippen LogP contribution is -1.95. The number of nitrogens with zero attached hydrogens (tertiary/aromatic N) is 3. The molecule has 0 unspecified atom stereocenters. The van der Waals surface area contributed by atoms with Gasteiger partial charge in [0.05, 0.1) is 5.52 Å². The molecule has 3 aromatic carbocycles. The number of hydrogen-bond acceptors (Lipinski definition) is 2. The normalized spacial score (nSPS) is 11.4. The smallest absolute Gasteiger partial charge is 0.159 e. The number of aromatic nitrogens is 2. The van der Waals surface area contributed by atoms with E-state index in [1.54, 1.807) is 0 Å². The Morgan fingerprint density at radius 3 is 2.31 bits per heavy atom. The van der Waals surface area contributed by atoms with Crippen LogP contribution in [0.1, 0.15) is 27.9 Å². The van der Waals surface area contributed by atoms with Crippen molar-refractivity contribution in [3.63, 3.8) is 0 Å². The van der Waals surface area contributed by atoms with Crippen LogP contribution in [-0.4, -0.2) is 9.38 Å². The molecule has 0 aliphatic heterocycles. The number of rotatable bonds is 1. The van der Waals surface area contributed by atoms with Crippen molar-refractivity contribution in [2.24, 2.45) is 0 Å². The first-order valence-electron chi connectivity index (χ1n) is 9.80. The summed E-state index contributed by atoms with van der Waals surface area (Å²) in [5.74, 6) is 0. The molecule has 2 heterocycles. The number of nitriles is 1. The number of fused-ring (bicyclic) bond motifs is 6. The first-order chi connectivity index (χ1) is 14.0. The molecule has 0 spiro atoms. The Hall–Kier alpha value is -3.64.